The van der Waals surface area contributed by atoms with E-state index in [-0.39, 0.29) is 18.0 Å². The van der Waals surface area contributed by atoms with E-state index in [0.717, 1.165) is 17.6 Å². The Kier molecular flexibility index (Phi) is 5.03. The molecule has 7 nitrogen and oxygen atoms in total. The fraction of sp³-hybridized carbons (Fsp3) is 0.250. The van der Waals surface area contributed by atoms with Crippen molar-refractivity contribution in [2.75, 3.05) is 17.0 Å². The Balaban J connectivity index is 1.88. The van der Waals surface area contributed by atoms with Crippen molar-refractivity contribution in [3.8, 4) is 0 Å². The van der Waals surface area contributed by atoms with Crippen LogP contribution >= 0.6 is 11.5 Å². The smallest absolute Gasteiger partial charge is 0.264 e. The van der Waals surface area contributed by atoms with Crippen LogP contribution in [0.15, 0.2) is 24.4 Å². The first-order valence-electron chi connectivity index (χ1n) is 6.19. The third-order valence-electron chi connectivity index (χ3n) is 2.69. The van der Waals surface area contributed by atoms with Crippen molar-refractivity contribution >= 4 is 33.2 Å². The molecule has 10 heteroatoms. The summed E-state index contributed by atoms with van der Waals surface area (Å²) in [6.45, 7) is 1.50. The van der Waals surface area contributed by atoms with Crippen LogP contribution in [0.4, 0.5) is 10.1 Å². The Morgan fingerprint density at radius 2 is 2.18 bits per heavy atom. The van der Waals surface area contributed by atoms with Crippen molar-refractivity contribution in [1.82, 2.24) is 14.9 Å². The summed E-state index contributed by atoms with van der Waals surface area (Å²) in [7, 11) is -3.69. The maximum absolute atomic E-state index is 13.4. The van der Waals surface area contributed by atoms with Crippen LogP contribution in [0.3, 0.4) is 0 Å². The Hall–Kier alpha value is -2.07. The highest BCUT2D eigenvalue weighted by atomic mass is 32.2. The van der Waals surface area contributed by atoms with Gasteiger partial charge in [-0.25, -0.2) is 12.8 Å². The first kappa shape index (κ1) is 16.3. The lowest BCUT2D eigenvalue weighted by atomic mass is 10.2. The summed E-state index contributed by atoms with van der Waals surface area (Å²) in [5.41, 5.74) is 0.564. The van der Waals surface area contributed by atoms with Gasteiger partial charge in [-0.15, -0.1) is 5.10 Å². The highest BCUT2D eigenvalue weighted by molar-refractivity contribution is 7.92. The molecule has 0 aliphatic rings. The number of rotatable bonds is 6. The van der Waals surface area contributed by atoms with Gasteiger partial charge in [-0.05, 0) is 36.2 Å². The van der Waals surface area contributed by atoms with Crippen molar-refractivity contribution in [2.45, 2.75) is 6.92 Å². The van der Waals surface area contributed by atoms with E-state index in [2.05, 4.69) is 19.6 Å². The first-order chi connectivity index (χ1) is 10.4. The van der Waals surface area contributed by atoms with E-state index in [1.165, 1.54) is 18.3 Å². The number of anilines is 1. The Morgan fingerprint density at radius 3 is 2.82 bits per heavy atom. The predicted octanol–water partition coefficient (Wildman–Crippen LogP) is 1.16. The molecule has 0 radical (unpaired) electrons. The molecule has 0 spiro atoms. The number of halogens is 1. The van der Waals surface area contributed by atoms with Gasteiger partial charge in [0.1, 0.15) is 10.7 Å². The number of benzene rings is 1. The number of hydrogen-bond acceptors (Lipinski definition) is 6. The van der Waals surface area contributed by atoms with E-state index in [9.17, 15) is 17.6 Å². The van der Waals surface area contributed by atoms with E-state index in [1.54, 1.807) is 6.92 Å². The summed E-state index contributed by atoms with van der Waals surface area (Å²) in [4.78, 5) is 11.9. The number of nitrogens with zero attached hydrogens (tertiary/aromatic N) is 2. The van der Waals surface area contributed by atoms with Crippen LogP contribution in [-0.4, -0.2) is 36.2 Å². The van der Waals surface area contributed by atoms with Crippen molar-refractivity contribution in [3.63, 3.8) is 0 Å². The summed E-state index contributed by atoms with van der Waals surface area (Å²) in [5.74, 6) is -1.27. The lowest BCUT2D eigenvalue weighted by molar-refractivity contribution is 0.0960. The standard InChI is InChI=1S/C12H13FN4O3S2/c1-8-2-3-9(6-10(8)13)16-22(19,20)5-4-14-12(18)11-7-15-17-21-11/h2-3,6-7,16H,4-5H2,1H3,(H,14,18). The second-order valence-corrected chi connectivity index (χ2v) is 7.05. The topological polar surface area (TPSA) is 101 Å². The van der Waals surface area contributed by atoms with E-state index < -0.39 is 21.7 Å². The number of sulfonamides is 1. The van der Waals surface area contributed by atoms with Crippen LogP contribution in [0.1, 0.15) is 15.2 Å². The molecule has 2 N–H and O–H groups in total. The third kappa shape index (κ3) is 4.46. The first-order valence-corrected chi connectivity index (χ1v) is 8.62. The largest absolute Gasteiger partial charge is 0.350 e. The maximum Gasteiger partial charge on any atom is 0.264 e. The van der Waals surface area contributed by atoms with E-state index in [0.29, 0.717) is 10.4 Å². The minimum absolute atomic E-state index is 0.0829. The monoisotopic (exact) mass is 344 g/mol. The number of amides is 1. The summed E-state index contributed by atoms with van der Waals surface area (Å²) in [6, 6.07) is 4.05. The zero-order valence-electron chi connectivity index (χ0n) is 11.5. The number of hydrogen-bond donors (Lipinski definition) is 2. The fourth-order valence-corrected chi connectivity index (χ4v) is 2.93. The van der Waals surface area contributed by atoms with Gasteiger partial charge in [0.2, 0.25) is 10.0 Å². The molecule has 22 heavy (non-hydrogen) atoms. The number of nitrogens with one attached hydrogen (secondary N) is 2. The Labute approximate surface area is 130 Å². The number of aryl methyl sites for hydroxylation is 1. The summed E-state index contributed by atoms with van der Waals surface area (Å²) in [6.07, 6.45) is 1.29. The molecule has 1 aromatic carbocycles. The molecule has 1 heterocycles. The Morgan fingerprint density at radius 1 is 1.41 bits per heavy atom. The lowest BCUT2D eigenvalue weighted by Gasteiger charge is -2.09. The fourth-order valence-electron chi connectivity index (χ4n) is 1.54. The van der Waals surface area contributed by atoms with Crippen LogP contribution in [0.5, 0.6) is 0 Å². The molecule has 1 aromatic heterocycles. The minimum atomic E-state index is -3.69. The van der Waals surface area contributed by atoms with Crippen molar-refractivity contribution in [1.29, 1.82) is 0 Å². The molecule has 0 aliphatic heterocycles. The maximum atomic E-state index is 13.4. The van der Waals surface area contributed by atoms with E-state index >= 15 is 0 Å². The molecular formula is C12H13FN4O3S2. The van der Waals surface area contributed by atoms with Gasteiger partial charge < -0.3 is 5.32 Å². The van der Waals surface area contributed by atoms with Crippen LogP contribution in [0, 0.1) is 12.7 Å². The SMILES string of the molecule is Cc1ccc(NS(=O)(=O)CCNC(=O)c2cnns2)cc1F. The zero-order chi connectivity index (χ0) is 16.2. The van der Waals surface area contributed by atoms with Gasteiger partial charge in [0.15, 0.2) is 0 Å². The average molecular weight is 344 g/mol. The molecule has 0 unspecified atom stereocenters. The van der Waals surface area contributed by atoms with Gasteiger partial charge in [0, 0.05) is 6.54 Å². The van der Waals surface area contributed by atoms with Gasteiger partial charge >= 0.3 is 0 Å². The predicted molar refractivity (Wildman–Crippen MR) is 80.8 cm³/mol. The lowest BCUT2D eigenvalue weighted by Crippen LogP contribution is -2.30. The highest BCUT2D eigenvalue weighted by Gasteiger charge is 2.13. The number of carbonyl (C=O) groups excluding carboxylic acids is 1. The molecule has 0 bridgehead atoms. The molecule has 0 atom stereocenters. The normalized spacial score (nSPS) is 11.2. The average Bonchev–Trinajstić information content (AvgIpc) is 2.96. The summed E-state index contributed by atoms with van der Waals surface area (Å²) < 4.78 is 42.9. The van der Waals surface area contributed by atoms with E-state index in [4.69, 9.17) is 0 Å². The van der Waals surface area contributed by atoms with Crippen molar-refractivity contribution in [3.05, 3.63) is 40.7 Å². The number of carbonyl (C=O) groups is 1. The molecule has 0 saturated carbocycles. The van der Waals surface area contributed by atoms with Gasteiger partial charge in [-0.1, -0.05) is 10.6 Å². The molecule has 2 aromatic rings. The molecule has 0 fully saturated rings. The second-order valence-electron chi connectivity index (χ2n) is 4.42. The van der Waals surface area contributed by atoms with Crippen molar-refractivity contribution in [2.24, 2.45) is 0 Å². The van der Waals surface area contributed by atoms with Crippen LogP contribution < -0.4 is 10.0 Å². The van der Waals surface area contributed by atoms with Gasteiger partial charge in [-0.2, -0.15) is 0 Å². The number of aromatic nitrogens is 2. The minimum Gasteiger partial charge on any atom is -0.350 e. The molecule has 1 amide bonds. The molecule has 0 aliphatic carbocycles. The quantitative estimate of drug-likeness (QED) is 0.819. The van der Waals surface area contributed by atoms with Gasteiger partial charge in [0.25, 0.3) is 5.91 Å². The second kappa shape index (κ2) is 6.79. The summed E-state index contributed by atoms with van der Waals surface area (Å²) in [5, 5.41) is 5.96. The van der Waals surface area contributed by atoms with Crippen LogP contribution in [-0.2, 0) is 10.0 Å². The molecule has 2 rings (SSSR count). The molecule has 118 valence electrons. The third-order valence-corrected chi connectivity index (χ3v) is 4.64. The van der Waals surface area contributed by atoms with Crippen molar-refractivity contribution < 1.29 is 17.6 Å². The van der Waals surface area contributed by atoms with Gasteiger partial charge in [-0.3, -0.25) is 9.52 Å². The van der Waals surface area contributed by atoms with Gasteiger partial charge in [0.05, 0.1) is 17.6 Å². The summed E-state index contributed by atoms with van der Waals surface area (Å²) >= 11 is 0.915. The van der Waals surface area contributed by atoms with Crippen LogP contribution in [0.25, 0.3) is 0 Å². The zero-order valence-corrected chi connectivity index (χ0v) is 13.2. The van der Waals surface area contributed by atoms with E-state index in [1.807, 2.05) is 0 Å². The Bertz CT molecular complexity index is 763. The van der Waals surface area contributed by atoms with Crippen LogP contribution in [0.2, 0.25) is 0 Å². The highest BCUT2D eigenvalue weighted by Crippen LogP contribution is 2.14. The molecule has 0 saturated heterocycles. The molecular weight excluding hydrogens is 331 g/mol.